The van der Waals surface area contributed by atoms with Crippen LogP contribution in [0.1, 0.15) is 0 Å². The molecule has 7 rings (SSSR count). The molecule has 0 unspecified atom stereocenters. The molecule has 5 heteroatoms. The average Bonchev–Trinajstić information content (AvgIpc) is 3.57. The van der Waals surface area contributed by atoms with Crippen molar-refractivity contribution < 1.29 is 0 Å². The van der Waals surface area contributed by atoms with Gasteiger partial charge in [-0.15, -0.1) is 0 Å². The van der Waals surface area contributed by atoms with E-state index in [1.165, 1.54) is 52.0 Å². The van der Waals surface area contributed by atoms with Crippen LogP contribution in [0.25, 0.3) is 62.0 Å². The summed E-state index contributed by atoms with van der Waals surface area (Å²) in [6.07, 6.45) is 3.74. The Morgan fingerprint density at radius 2 is 1.06 bits per heavy atom. The van der Waals surface area contributed by atoms with E-state index >= 15 is 0 Å². The number of thiazole rings is 2. The van der Waals surface area contributed by atoms with Crippen molar-refractivity contribution in [2.45, 2.75) is 0 Å². The van der Waals surface area contributed by atoms with Crippen LogP contribution in [0.3, 0.4) is 0 Å². The van der Waals surface area contributed by atoms with Crippen LogP contribution in [0.5, 0.6) is 0 Å². The maximum absolute atomic E-state index is 4.48. The summed E-state index contributed by atoms with van der Waals surface area (Å²) in [4.78, 5) is 8.97. The minimum atomic E-state index is 0.342. The standard InChI is InChI=1S/C26H14N2S2Se/c1-3-17(25-27-5-7-29-25)9-19-11-21-22-12-20-10-18(26-28-6-8-30-26)4-2-16(20)14-24(22)31-23(21)13-15(1)19/h1-14H. The Bertz CT molecular complexity index is 1600. The molecule has 0 aliphatic carbocycles. The molecule has 0 N–H and O–H groups in total. The van der Waals surface area contributed by atoms with Gasteiger partial charge in [-0.05, 0) is 0 Å². The fraction of sp³-hybridized carbons (Fsp3) is 0. The fourth-order valence-electron chi connectivity index (χ4n) is 4.26. The molecule has 7 aromatic rings. The Morgan fingerprint density at radius 3 is 1.52 bits per heavy atom. The molecule has 0 radical (unpaired) electrons. The molecule has 0 spiro atoms. The van der Waals surface area contributed by atoms with Crippen molar-refractivity contribution in [2.75, 3.05) is 0 Å². The van der Waals surface area contributed by atoms with Gasteiger partial charge in [-0.3, -0.25) is 0 Å². The summed E-state index contributed by atoms with van der Waals surface area (Å²) in [5.74, 6) is 0. The van der Waals surface area contributed by atoms with Gasteiger partial charge < -0.3 is 0 Å². The van der Waals surface area contributed by atoms with Crippen molar-refractivity contribution in [1.82, 2.24) is 9.97 Å². The summed E-state index contributed by atoms with van der Waals surface area (Å²) < 4.78 is 2.96. The molecule has 0 saturated heterocycles. The Kier molecular flexibility index (Phi) is 3.93. The molecular weight excluding hydrogens is 483 g/mol. The SMILES string of the molecule is c1csc(-c2ccc3cc4[se]c5cc6ccc(-c7nccs7)cc6cc5c4cc3c2)n1. The molecule has 0 saturated carbocycles. The van der Waals surface area contributed by atoms with Crippen LogP contribution in [0.15, 0.2) is 83.8 Å². The molecule has 146 valence electrons. The van der Waals surface area contributed by atoms with Gasteiger partial charge in [-0.25, -0.2) is 0 Å². The molecule has 0 atom stereocenters. The zero-order chi connectivity index (χ0) is 20.4. The van der Waals surface area contributed by atoms with Gasteiger partial charge in [0.15, 0.2) is 0 Å². The Hall–Kier alpha value is -2.82. The molecule has 0 amide bonds. The molecule has 4 aromatic carbocycles. The quantitative estimate of drug-likeness (QED) is 0.230. The van der Waals surface area contributed by atoms with Crippen molar-refractivity contribution in [1.29, 1.82) is 0 Å². The summed E-state index contributed by atoms with van der Waals surface area (Å²) in [5.41, 5.74) is 2.38. The zero-order valence-electron chi connectivity index (χ0n) is 16.2. The van der Waals surface area contributed by atoms with E-state index in [1.54, 1.807) is 22.7 Å². The number of fused-ring (bicyclic) bond motifs is 5. The van der Waals surface area contributed by atoms with E-state index in [9.17, 15) is 0 Å². The molecule has 0 bridgehead atoms. The first-order valence-corrected chi connectivity index (χ1v) is 13.4. The minimum absolute atomic E-state index is 0.342. The van der Waals surface area contributed by atoms with E-state index in [-0.39, 0.29) is 0 Å². The zero-order valence-corrected chi connectivity index (χ0v) is 19.5. The van der Waals surface area contributed by atoms with E-state index in [2.05, 4.69) is 70.6 Å². The van der Waals surface area contributed by atoms with Gasteiger partial charge >= 0.3 is 193 Å². The second-order valence-electron chi connectivity index (χ2n) is 7.60. The van der Waals surface area contributed by atoms with Crippen molar-refractivity contribution in [3.05, 3.63) is 83.8 Å². The number of nitrogens with zero attached hydrogens (tertiary/aromatic N) is 2. The number of aromatic nitrogens is 2. The molecule has 31 heavy (non-hydrogen) atoms. The summed E-state index contributed by atoms with van der Waals surface area (Å²) in [5, 5.41) is 14.2. The summed E-state index contributed by atoms with van der Waals surface area (Å²) in [6, 6.07) is 23.0. The topological polar surface area (TPSA) is 25.8 Å². The predicted octanol–water partition coefficient (Wildman–Crippen LogP) is 7.60. The van der Waals surface area contributed by atoms with Crippen molar-refractivity contribution >= 4 is 78.0 Å². The van der Waals surface area contributed by atoms with Gasteiger partial charge in [0.2, 0.25) is 0 Å². The summed E-state index contributed by atoms with van der Waals surface area (Å²) >= 11 is 3.72. The van der Waals surface area contributed by atoms with E-state index in [1.807, 2.05) is 23.2 Å². The third-order valence-corrected chi connectivity index (χ3v) is 9.73. The Labute approximate surface area is 192 Å². The molecular formula is C26H14N2S2Se. The van der Waals surface area contributed by atoms with Gasteiger partial charge in [0.25, 0.3) is 0 Å². The van der Waals surface area contributed by atoms with Crippen LogP contribution in [0.4, 0.5) is 0 Å². The third-order valence-electron chi connectivity index (χ3n) is 5.75. The Morgan fingerprint density at radius 1 is 0.548 bits per heavy atom. The summed E-state index contributed by atoms with van der Waals surface area (Å²) in [6.45, 7) is 0. The normalized spacial score (nSPS) is 11.9. The molecule has 3 aromatic heterocycles. The molecule has 0 aliphatic heterocycles. The van der Waals surface area contributed by atoms with Gasteiger partial charge in [-0.2, -0.15) is 0 Å². The molecule has 2 nitrogen and oxygen atoms in total. The predicted molar refractivity (Wildman–Crippen MR) is 136 cm³/mol. The van der Waals surface area contributed by atoms with E-state index in [4.69, 9.17) is 0 Å². The Balaban J connectivity index is 1.47. The summed E-state index contributed by atoms with van der Waals surface area (Å²) in [7, 11) is 0. The number of rotatable bonds is 2. The second-order valence-corrected chi connectivity index (χ2v) is 11.7. The van der Waals surface area contributed by atoms with Crippen LogP contribution in [-0.4, -0.2) is 24.5 Å². The number of hydrogen-bond donors (Lipinski definition) is 0. The average molecular weight is 498 g/mol. The van der Waals surface area contributed by atoms with Crippen LogP contribution >= 0.6 is 22.7 Å². The molecule has 3 heterocycles. The fourth-order valence-corrected chi connectivity index (χ4v) is 7.98. The number of benzene rings is 4. The maximum atomic E-state index is 4.48. The van der Waals surface area contributed by atoms with E-state index in [0.717, 1.165) is 10.0 Å². The first kappa shape index (κ1) is 17.8. The first-order valence-electron chi connectivity index (χ1n) is 9.95. The van der Waals surface area contributed by atoms with Gasteiger partial charge in [-0.1, -0.05) is 0 Å². The van der Waals surface area contributed by atoms with Gasteiger partial charge in [0, 0.05) is 0 Å². The van der Waals surface area contributed by atoms with Gasteiger partial charge in [0.1, 0.15) is 0 Å². The van der Waals surface area contributed by atoms with Crippen molar-refractivity contribution in [2.24, 2.45) is 0 Å². The van der Waals surface area contributed by atoms with Crippen molar-refractivity contribution in [3.63, 3.8) is 0 Å². The van der Waals surface area contributed by atoms with Crippen molar-refractivity contribution in [3.8, 4) is 21.1 Å². The van der Waals surface area contributed by atoms with Crippen LogP contribution in [0, 0.1) is 0 Å². The van der Waals surface area contributed by atoms with Crippen LogP contribution < -0.4 is 0 Å². The third kappa shape index (κ3) is 2.89. The van der Waals surface area contributed by atoms with Crippen LogP contribution in [-0.2, 0) is 0 Å². The first-order chi connectivity index (χ1) is 15.3. The van der Waals surface area contributed by atoms with E-state index < -0.39 is 0 Å². The van der Waals surface area contributed by atoms with Crippen LogP contribution in [0.2, 0.25) is 0 Å². The molecule has 0 fully saturated rings. The van der Waals surface area contributed by atoms with E-state index in [0.29, 0.717) is 14.5 Å². The monoisotopic (exact) mass is 498 g/mol. The van der Waals surface area contributed by atoms with Gasteiger partial charge in [0.05, 0.1) is 0 Å². The molecule has 0 aliphatic rings. The number of hydrogen-bond acceptors (Lipinski definition) is 4. The second kappa shape index (κ2) is 6.84.